The lowest BCUT2D eigenvalue weighted by atomic mass is 10.2. The molecule has 4 nitrogen and oxygen atoms in total. The van der Waals surface area contributed by atoms with Crippen LogP contribution in [0.2, 0.25) is 0 Å². The topological polar surface area (TPSA) is 66.0 Å². The van der Waals surface area contributed by atoms with Crippen molar-refractivity contribution in [3.8, 4) is 0 Å². The normalized spacial score (nSPS) is 11.4. The standard InChI is InChI=1S/C11H15F3N4/c1-3-6-18(2)10-7(9(15)16)4-5-8(17-10)11(12,13)14/h4-5H,3,6H2,1-2H3,(H3,15,16). The number of alkyl halides is 3. The number of pyridine rings is 1. The van der Waals surface area contributed by atoms with Crippen LogP contribution in [0.15, 0.2) is 12.1 Å². The van der Waals surface area contributed by atoms with Crippen LogP contribution in [-0.4, -0.2) is 24.4 Å². The summed E-state index contributed by atoms with van der Waals surface area (Å²) in [5.41, 5.74) is 4.57. The molecule has 3 N–H and O–H groups in total. The molecule has 1 heterocycles. The molecule has 0 bridgehead atoms. The van der Waals surface area contributed by atoms with E-state index in [0.29, 0.717) is 6.54 Å². The summed E-state index contributed by atoms with van der Waals surface area (Å²) in [6, 6.07) is 2.01. The van der Waals surface area contributed by atoms with Crippen molar-refractivity contribution >= 4 is 11.7 Å². The van der Waals surface area contributed by atoms with E-state index in [4.69, 9.17) is 11.1 Å². The van der Waals surface area contributed by atoms with Gasteiger partial charge in [-0.15, -0.1) is 0 Å². The molecule has 1 aromatic heterocycles. The summed E-state index contributed by atoms with van der Waals surface area (Å²) in [4.78, 5) is 5.13. The van der Waals surface area contributed by atoms with E-state index in [1.54, 1.807) is 11.9 Å². The minimum absolute atomic E-state index is 0.0826. The average molecular weight is 260 g/mol. The molecule has 100 valence electrons. The number of amidine groups is 1. The van der Waals surface area contributed by atoms with E-state index in [0.717, 1.165) is 12.5 Å². The highest BCUT2D eigenvalue weighted by Crippen LogP contribution is 2.30. The molecule has 0 radical (unpaired) electrons. The van der Waals surface area contributed by atoms with Crippen LogP contribution >= 0.6 is 0 Å². The maximum absolute atomic E-state index is 12.6. The first-order chi connectivity index (χ1) is 8.27. The second kappa shape index (κ2) is 5.24. The van der Waals surface area contributed by atoms with Gasteiger partial charge in [0.2, 0.25) is 0 Å². The van der Waals surface area contributed by atoms with Gasteiger partial charge in [0, 0.05) is 13.6 Å². The van der Waals surface area contributed by atoms with Crippen molar-refractivity contribution in [2.75, 3.05) is 18.5 Å². The molecule has 0 spiro atoms. The van der Waals surface area contributed by atoms with Gasteiger partial charge in [0.05, 0.1) is 5.56 Å². The Morgan fingerprint density at radius 3 is 2.50 bits per heavy atom. The lowest BCUT2D eigenvalue weighted by molar-refractivity contribution is -0.141. The fourth-order valence-electron chi connectivity index (χ4n) is 1.55. The number of rotatable bonds is 4. The number of hydrogen-bond donors (Lipinski definition) is 2. The predicted molar refractivity (Wildman–Crippen MR) is 63.8 cm³/mol. The predicted octanol–water partition coefficient (Wildman–Crippen LogP) is 2.23. The van der Waals surface area contributed by atoms with Gasteiger partial charge in [-0.25, -0.2) is 4.98 Å². The summed E-state index contributed by atoms with van der Waals surface area (Å²) in [6.07, 6.45) is -3.75. The van der Waals surface area contributed by atoms with Gasteiger partial charge < -0.3 is 10.6 Å². The first-order valence-corrected chi connectivity index (χ1v) is 5.41. The van der Waals surface area contributed by atoms with Crippen LogP contribution < -0.4 is 10.6 Å². The molecule has 18 heavy (non-hydrogen) atoms. The molecule has 0 saturated heterocycles. The Kier molecular flexibility index (Phi) is 4.15. The van der Waals surface area contributed by atoms with Gasteiger partial charge in [-0.2, -0.15) is 13.2 Å². The molecule has 0 atom stereocenters. The highest BCUT2D eigenvalue weighted by molar-refractivity contribution is 5.99. The first-order valence-electron chi connectivity index (χ1n) is 5.41. The minimum atomic E-state index is -4.50. The highest BCUT2D eigenvalue weighted by atomic mass is 19.4. The van der Waals surface area contributed by atoms with Crippen molar-refractivity contribution < 1.29 is 13.2 Å². The van der Waals surface area contributed by atoms with Gasteiger partial charge in [-0.05, 0) is 18.6 Å². The van der Waals surface area contributed by atoms with E-state index >= 15 is 0 Å². The van der Waals surface area contributed by atoms with Gasteiger partial charge >= 0.3 is 6.18 Å². The summed E-state index contributed by atoms with van der Waals surface area (Å²) in [5.74, 6) is -0.214. The quantitative estimate of drug-likeness (QED) is 0.644. The Hall–Kier alpha value is -1.79. The van der Waals surface area contributed by atoms with Crippen molar-refractivity contribution in [2.24, 2.45) is 5.73 Å². The van der Waals surface area contributed by atoms with Crippen LogP contribution in [0.5, 0.6) is 0 Å². The molecule has 0 amide bonds. The van der Waals surface area contributed by atoms with E-state index < -0.39 is 11.9 Å². The zero-order valence-electron chi connectivity index (χ0n) is 10.2. The number of nitrogens with one attached hydrogen (secondary N) is 1. The molecule has 0 aliphatic heterocycles. The molecule has 0 aliphatic rings. The molecule has 1 aromatic rings. The molecule has 1 rings (SSSR count). The Bertz CT molecular complexity index is 442. The number of nitrogens with two attached hydrogens (primary N) is 1. The highest BCUT2D eigenvalue weighted by Gasteiger charge is 2.33. The number of nitrogen functional groups attached to an aromatic ring is 1. The molecule has 0 unspecified atom stereocenters. The van der Waals surface area contributed by atoms with Crippen molar-refractivity contribution in [1.29, 1.82) is 5.41 Å². The van der Waals surface area contributed by atoms with Crippen LogP contribution in [0.4, 0.5) is 19.0 Å². The van der Waals surface area contributed by atoms with Crippen molar-refractivity contribution in [2.45, 2.75) is 19.5 Å². The van der Waals surface area contributed by atoms with Crippen LogP contribution in [0.25, 0.3) is 0 Å². The minimum Gasteiger partial charge on any atom is -0.384 e. The van der Waals surface area contributed by atoms with Gasteiger partial charge in [-0.1, -0.05) is 6.92 Å². The van der Waals surface area contributed by atoms with E-state index in [9.17, 15) is 13.2 Å². The summed E-state index contributed by atoms with van der Waals surface area (Å²) in [5, 5.41) is 7.36. The van der Waals surface area contributed by atoms with Gasteiger partial charge in [0.1, 0.15) is 17.3 Å². The molecule has 0 fully saturated rings. The number of aromatic nitrogens is 1. The molecule has 0 aromatic carbocycles. The number of hydrogen-bond acceptors (Lipinski definition) is 3. The number of halogens is 3. The van der Waals surface area contributed by atoms with Gasteiger partial charge in [0.15, 0.2) is 0 Å². The fraction of sp³-hybridized carbons (Fsp3) is 0.455. The van der Waals surface area contributed by atoms with Gasteiger partial charge in [-0.3, -0.25) is 5.41 Å². The number of nitrogens with zero attached hydrogens (tertiary/aromatic N) is 2. The third-order valence-electron chi connectivity index (χ3n) is 2.38. The first kappa shape index (κ1) is 14.3. The summed E-state index contributed by atoms with van der Waals surface area (Å²) < 4.78 is 37.8. The molecular formula is C11H15F3N4. The lowest BCUT2D eigenvalue weighted by Crippen LogP contribution is -2.25. The van der Waals surface area contributed by atoms with E-state index in [1.165, 1.54) is 6.07 Å². The second-order valence-corrected chi connectivity index (χ2v) is 3.90. The zero-order valence-corrected chi connectivity index (χ0v) is 10.2. The van der Waals surface area contributed by atoms with Crippen LogP contribution in [0.3, 0.4) is 0 Å². The smallest absolute Gasteiger partial charge is 0.384 e. The lowest BCUT2D eigenvalue weighted by Gasteiger charge is -2.21. The Labute approximate surface area is 103 Å². The molecule has 7 heteroatoms. The Balaban J connectivity index is 3.28. The largest absolute Gasteiger partial charge is 0.433 e. The van der Waals surface area contributed by atoms with Crippen molar-refractivity contribution in [3.05, 3.63) is 23.4 Å². The van der Waals surface area contributed by atoms with E-state index in [2.05, 4.69) is 4.98 Å². The summed E-state index contributed by atoms with van der Waals surface area (Å²) in [6.45, 7) is 2.44. The van der Waals surface area contributed by atoms with Crippen LogP contribution in [0.1, 0.15) is 24.6 Å². The zero-order chi connectivity index (χ0) is 13.9. The van der Waals surface area contributed by atoms with Gasteiger partial charge in [0.25, 0.3) is 0 Å². The Morgan fingerprint density at radius 2 is 2.06 bits per heavy atom. The summed E-state index contributed by atoms with van der Waals surface area (Å²) in [7, 11) is 1.62. The summed E-state index contributed by atoms with van der Waals surface area (Å²) >= 11 is 0. The molecular weight excluding hydrogens is 245 g/mol. The van der Waals surface area contributed by atoms with Crippen molar-refractivity contribution in [3.63, 3.8) is 0 Å². The fourth-order valence-corrected chi connectivity index (χ4v) is 1.55. The van der Waals surface area contributed by atoms with E-state index in [1.807, 2.05) is 6.92 Å². The SMILES string of the molecule is CCCN(C)c1nc(C(F)(F)F)ccc1C(=N)N. The number of anilines is 1. The van der Waals surface area contributed by atoms with Crippen LogP contribution in [0, 0.1) is 5.41 Å². The third-order valence-corrected chi connectivity index (χ3v) is 2.38. The second-order valence-electron chi connectivity index (χ2n) is 3.90. The monoisotopic (exact) mass is 260 g/mol. The molecule has 0 aliphatic carbocycles. The average Bonchev–Trinajstić information content (AvgIpc) is 2.27. The van der Waals surface area contributed by atoms with Crippen LogP contribution in [-0.2, 0) is 6.18 Å². The maximum Gasteiger partial charge on any atom is 0.433 e. The van der Waals surface area contributed by atoms with Crippen molar-refractivity contribution in [1.82, 2.24) is 4.98 Å². The van der Waals surface area contributed by atoms with E-state index in [-0.39, 0.29) is 17.2 Å². The Morgan fingerprint density at radius 1 is 1.44 bits per heavy atom. The third kappa shape index (κ3) is 3.12. The molecule has 0 saturated carbocycles. The maximum atomic E-state index is 12.6.